The first-order valence-corrected chi connectivity index (χ1v) is 9.41. The van der Waals surface area contributed by atoms with Crippen LogP contribution in [0.1, 0.15) is 47.0 Å². The molecule has 0 aromatic heterocycles. The van der Waals surface area contributed by atoms with Crippen molar-refractivity contribution in [3.8, 4) is 0 Å². The van der Waals surface area contributed by atoms with Gasteiger partial charge in [0, 0.05) is 17.6 Å². The van der Waals surface area contributed by atoms with Crippen LogP contribution in [0.15, 0.2) is 0 Å². The number of amides is 1. The van der Waals surface area contributed by atoms with Crippen LogP contribution in [-0.4, -0.2) is 39.8 Å². The van der Waals surface area contributed by atoms with Gasteiger partial charge in [-0.15, -0.1) is 9.45 Å². The number of carbonyl (C=O) groups excluding carboxylic acids is 2. The molecule has 2 N–H and O–H groups in total. The Morgan fingerprint density at radius 2 is 1.81 bits per heavy atom. The predicted molar refractivity (Wildman–Crippen MR) is 88.0 cm³/mol. The van der Waals surface area contributed by atoms with Crippen LogP contribution in [0, 0.1) is 5.92 Å². The Labute approximate surface area is 133 Å². The minimum atomic E-state index is -1.01. The molecule has 21 heavy (non-hydrogen) atoms. The van der Waals surface area contributed by atoms with E-state index in [-0.39, 0.29) is 32.3 Å². The molecule has 0 rings (SSSR count). The number of carbonyl (C=O) groups is 3. The SMILES string of the molecule is C[C@H](CC(=O)[C@H](C)NC(=O)CCC(C)(C)S(C)=S)C(=O)O. The Bertz CT molecular complexity index is 435. The number of hydrogen-bond acceptors (Lipinski definition) is 4. The molecule has 0 bridgehead atoms. The number of rotatable bonds is 9. The van der Waals surface area contributed by atoms with Gasteiger partial charge in [-0.2, -0.15) is 0 Å². The van der Waals surface area contributed by atoms with Gasteiger partial charge in [-0.25, -0.2) is 0 Å². The predicted octanol–water partition coefficient (Wildman–Crippen LogP) is 1.44. The van der Waals surface area contributed by atoms with Crippen molar-refractivity contribution in [2.24, 2.45) is 5.92 Å². The fraction of sp³-hybridized carbons (Fsp3) is 0.786. The topological polar surface area (TPSA) is 83.5 Å². The number of carboxylic acids is 1. The van der Waals surface area contributed by atoms with Crippen molar-refractivity contribution in [1.82, 2.24) is 5.32 Å². The molecule has 1 unspecified atom stereocenters. The molecule has 0 fully saturated rings. The third-order valence-corrected chi connectivity index (χ3v) is 6.64. The molecular weight excluding hydrogens is 310 g/mol. The second-order valence-electron chi connectivity index (χ2n) is 5.91. The molecule has 0 heterocycles. The molecule has 7 heteroatoms. The van der Waals surface area contributed by atoms with Gasteiger partial charge in [-0.1, -0.05) is 32.0 Å². The molecule has 5 nitrogen and oxygen atoms in total. The van der Waals surface area contributed by atoms with Crippen LogP contribution in [0.4, 0.5) is 0 Å². The van der Waals surface area contributed by atoms with Crippen molar-refractivity contribution >= 4 is 38.3 Å². The van der Waals surface area contributed by atoms with Crippen LogP contribution in [0.25, 0.3) is 0 Å². The number of carboxylic acid groups (broad SMARTS) is 1. The summed E-state index contributed by atoms with van der Waals surface area (Å²) in [6, 6.07) is -0.661. The average Bonchev–Trinajstić information content (AvgIpc) is 2.35. The largest absolute Gasteiger partial charge is 0.481 e. The molecule has 0 saturated carbocycles. The normalized spacial score (nSPS) is 15.9. The van der Waals surface area contributed by atoms with Crippen molar-refractivity contribution in [2.75, 3.05) is 6.26 Å². The smallest absolute Gasteiger partial charge is 0.306 e. The summed E-state index contributed by atoms with van der Waals surface area (Å²) in [5.74, 6) is -2.22. The first kappa shape index (κ1) is 20.2. The molecule has 0 saturated heterocycles. The van der Waals surface area contributed by atoms with E-state index in [4.69, 9.17) is 16.3 Å². The highest BCUT2D eigenvalue weighted by molar-refractivity contribution is 8.29. The molecule has 0 aromatic carbocycles. The lowest BCUT2D eigenvalue weighted by Gasteiger charge is -2.24. The Hall–Kier alpha value is -0.820. The van der Waals surface area contributed by atoms with Crippen LogP contribution in [0.2, 0.25) is 0 Å². The van der Waals surface area contributed by atoms with Crippen molar-refractivity contribution in [1.29, 1.82) is 0 Å². The highest BCUT2D eigenvalue weighted by Crippen LogP contribution is 2.18. The van der Waals surface area contributed by atoms with Gasteiger partial charge in [-0.3, -0.25) is 14.4 Å². The number of nitrogens with one attached hydrogen (secondary N) is 1. The van der Waals surface area contributed by atoms with Crippen LogP contribution >= 0.6 is 0 Å². The molecule has 0 radical (unpaired) electrons. The van der Waals surface area contributed by atoms with Crippen LogP contribution in [0.3, 0.4) is 0 Å². The molecule has 0 spiro atoms. The van der Waals surface area contributed by atoms with Gasteiger partial charge >= 0.3 is 5.97 Å². The van der Waals surface area contributed by atoms with E-state index in [9.17, 15) is 14.4 Å². The number of ketones is 1. The first-order chi connectivity index (χ1) is 9.47. The minimum absolute atomic E-state index is 0.0765. The number of Topliss-reactive ketones (excluding diaryl/α,β-unsaturated/α-hetero) is 1. The van der Waals surface area contributed by atoms with Crippen LogP contribution < -0.4 is 5.32 Å². The Balaban J connectivity index is 4.30. The van der Waals surface area contributed by atoms with E-state index in [1.54, 1.807) is 6.92 Å². The maximum Gasteiger partial charge on any atom is 0.306 e. The van der Waals surface area contributed by atoms with E-state index in [0.717, 1.165) is 0 Å². The zero-order valence-corrected chi connectivity index (χ0v) is 14.9. The van der Waals surface area contributed by atoms with Gasteiger partial charge in [-0.05, 0) is 19.6 Å². The van der Waals surface area contributed by atoms with Gasteiger partial charge in [0.15, 0.2) is 5.78 Å². The van der Waals surface area contributed by atoms with E-state index >= 15 is 0 Å². The van der Waals surface area contributed by atoms with E-state index in [1.807, 2.05) is 20.1 Å². The molecular formula is C14H25NO4S2. The number of aliphatic carboxylic acids is 1. The van der Waals surface area contributed by atoms with E-state index in [2.05, 4.69) is 5.32 Å². The summed E-state index contributed by atoms with van der Waals surface area (Å²) in [6.45, 7) is 7.11. The van der Waals surface area contributed by atoms with Crippen molar-refractivity contribution < 1.29 is 19.5 Å². The van der Waals surface area contributed by atoms with Gasteiger partial charge in [0.1, 0.15) is 0 Å². The first-order valence-electron chi connectivity index (χ1n) is 6.85. The average molecular weight is 335 g/mol. The maximum absolute atomic E-state index is 11.8. The summed E-state index contributed by atoms with van der Waals surface area (Å²) in [5.41, 5.74) is 0. The lowest BCUT2D eigenvalue weighted by Crippen LogP contribution is -2.40. The monoisotopic (exact) mass is 335 g/mol. The zero-order valence-electron chi connectivity index (χ0n) is 13.3. The second kappa shape index (κ2) is 8.58. The molecule has 0 aliphatic heterocycles. The van der Waals surface area contributed by atoms with E-state index < -0.39 is 17.9 Å². The Kier molecular flexibility index (Phi) is 8.25. The maximum atomic E-state index is 11.8. The molecule has 0 aliphatic rings. The molecule has 0 aliphatic carbocycles. The van der Waals surface area contributed by atoms with Crippen molar-refractivity contribution in [3.63, 3.8) is 0 Å². The standard InChI is InChI=1S/C14H25NO4S2/c1-9(13(18)19)8-11(16)10(2)15-12(17)6-7-14(3,4)21(5)20/h9-10H,6-8H2,1-5H3,(H,15,17)(H,18,19)/t9-,10+,21?/m1/s1. The minimum Gasteiger partial charge on any atom is -0.481 e. The molecule has 122 valence electrons. The zero-order chi connectivity index (χ0) is 16.8. The summed E-state index contributed by atoms with van der Waals surface area (Å²) < 4.78 is -0.0856. The summed E-state index contributed by atoms with van der Waals surface area (Å²) in [6.07, 6.45) is 2.86. The van der Waals surface area contributed by atoms with Gasteiger partial charge in [0.25, 0.3) is 0 Å². The lowest BCUT2D eigenvalue weighted by molar-refractivity contribution is -0.143. The van der Waals surface area contributed by atoms with Crippen molar-refractivity contribution in [3.05, 3.63) is 0 Å². The summed E-state index contributed by atoms with van der Waals surface area (Å²) >= 11 is 5.25. The van der Waals surface area contributed by atoms with Crippen LogP contribution in [-0.2, 0) is 35.0 Å². The fourth-order valence-corrected chi connectivity index (χ4v) is 2.16. The fourth-order valence-electron chi connectivity index (χ4n) is 1.52. The highest BCUT2D eigenvalue weighted by atomic mass is 32.8. The summed E-state index contributed by atoms with van der Waals surface area (Å²) in [7, 11) is -0.206. The summed E-state index contributed by atoms with van der Waals surface area (Å²) in [4.78, 5) is 34.4. The van der Waals surface area contributed by atoms with E-state index in [1.165, 1.54) is 6.92 Å². The molecule has 1 amide bonds. The van der Waals surface area contributed by atoms with Gasteiger partial charge < -0.3 is 10.4 Å². The third-order valence-electron chi connectivity index (χ3n) is 3.52. The lowest BCUT2D eigenvalue weighted by atomic mass is 10.0. The third kappa shape index (κ3) is 7.66. The highest BCUT2D eigenvalue weighted by Gasteiger charge is 2.24. The van der Waals surface area contributed by atoms with Gasteiger partial charge in [0.2, 0.25) is 5.91 Å². The Morgan fingerprint density at radius 3 is 2.24 bits per heavy atom. The second-order valence-corrected chi connectivity index (χ2v) is 9.43. The van der Waals surface area contributed by atoms with Crippen molar-refractivity contribution in [2.45, 2.75) is 57.7 Å². The quantitative estimate of drug-likeness (QED) is 0.666. The van der Waals surface area contributed by atoms with Crippen LogP contribution in [0.5, 0.6) is 0 Å². The molecule has 3 atom stereocenters. The Morgan fingerprint density at radius 1 is 1.29 bits per heavy atom. The molecule has 0 aromatic rings. The number of hydrogen-bond donors (Lipinski definition) is 2. The van der Waals surface area contributed by atoms with E-state index in [0.29, 0.717) is 12.8 Å². The van der Waals surface area contributed by atoms with Gasteiger partial charge in [0.05, 0.1) is 12.0 Å². The summed E-state index contributed by atoms with van der Waals surface area (Å²) in [5, 5.41) is 11.4.